The Morgan fingerprint density at radius 1 is 1.60 bits per heavy atom. The van der Waals surface area contributed by atoms with Gasteiger partial charge >= 0.3 is 0 Å². The molecule has 3 N–H and O–H groups in total. The molecule has 0 radical (unpaired) electrons. The monoisotopic (exact) mass is 231 g/mol. The van der Waals surface area contributed by atoms with Crippen LogP contribution in [0, 0.1) is 5.82 Å². The first kappa shape index (κ1) is 12.2. The predicted octanol–water partition coefficient (Wildman–Crippen LogP) is 2.41. The highest BCUT2D eigenvalue weighted by molar-refractivity contribution is 6.30. The second-order valence-corrected chi connectivity index (χ2v) is 4.47. The largest absolute Gasteiger partial charge is 0.363 e. The van der Waals surface area contributed by atoms with E-state index in [4.69, 9.17) is 17.3 Å². The Labute approximate surface area is 93.8 Å². The molecule has 1 heterocycles. The lowest BCUT2D eigenvalue weighted by Gasteiger charge is -2.26. The normalized spacial score (nSPS) is 11.5. The number of nitrogens with one attached hydrogen (secondary N) is 1. The van der Waals surface area contributed by atoms with Gasteiger partial charge in [0.25, 0.3) is 0 Å². The fraction of sp³-hybridized carbons (Fsp3) is 0.500. The molecule has 0 saturated carbocycles. The number of nitrogens with zero attached hydrogens (tertiary/aromatic N) is 1. The molecule has 0 aliphatic heterocycles. The average molecular weight is 232 g/mol. The maximum atomic E-state index is 13.4. The highest BCUT2D eigenvalue weighted by Gasteiger charge is 2.18. The van der Waals surface area contributed by atoms with Crippen molar-refractivity contribution in [1.82, 2.24) is 4.98 Å². The van der Waals surface area contributed by atoms with E-state index < -0.39 is 5.82 Å². The average Bonchev–Trinajstić information content (AvgIpc) is 2.09. The quantitative estimate of drug-likeness (QED) is 0.837. The highest BCUT2D eigenvalue weighted by atomic mass is 35.5. The van der Waals surface area contributed by atoms with Crippen LogP contribution in [0.1, 0.15) is 20.3 Å². The van der Waals surface area contributed by atoms with Crippen LogP contribution in [0.2, 0.25) is 5.02 Å². The molecule has 0 atom stereocenters. The molecule has 5 heteroatoms. The standard InChI is InChI=1S/C10H15ClFN3/c1-10(2,3-4-13)15-9-8(12)5-7(11)6-14-9/h5-6H,3-4,13H2,1-2H3,(H,14,15). The van der Waals surface area contributed by atoms with Crippen molar-refractivity contribution in [2.45, 2.75) is 25.8 Å². The van der Waals surface area contributed by atoms with Gasteiger partial charge in [0.05, 0.1) is 5.02 Å². The molecule has 15 heavy (non-hydrogen) atoms. The molecule has 1 rings (SSSR count). The molecule has 0 unspecified atom stereocenters. The third kappa shape index (κ3) is 3.64. The third-order valence-electron chi connectivity index (χ3n) is 2.03. The van der Waals surface area contributed by atoms with Crippen LogP contribution in [0.25, 0.3) is 0 Å². The van der Waals surface area contributed by atoms with Gasteiger partial charge in [-0.3, -0.25) is 0 Å². The van der Waals surface area contributed by atoms with Crippen LogP contribution < -0.4 is 11.1 Å². The molecule has 84 valence electrons. The van der Waals surface area contributed by atoms with Gasteiger partial charge in [-0.25, -0.2) is 9.37 Å². The lowest BCUT2D eigenvalue weighted by Crippen LogP contribution is -2.34. The van der Waals surface area contributed by atoms with E-state index in [2.05, 4.69) is 10.3 Å². The molecular formula is C10H15ClFN3. The number of pyridine rings is 1. The maximum Gasteiger partial charge on any atom is 0.166 e. The van der Waals surface area contributed by atoms with Crippen LogP contribution >= 0.6 is 11.6 Å². The van der Waals surface area contributed by atoms with Gasteiger partial charge in [0, 0.05) is 11.7 Å². The van der Waals surface area contributed by atoms with E-state index in [1.165, 1.54) is 12.3 Å². The molecule has 1 aromatic heterocycles. The number of halogens is 2. The molecule has 0 aromatic carbocycles. The van der Waals surface area contributed by atoms with E-state index in [1.54, 1.807) is 0 Å². The fourth-order valence-corrected chi connectivity index (χ4v) is 1.40. The summed E-state index contributed by atoms with van der Waals surface area (Å²) in [6.07, 6.45) is 2.14. The number of anilines is 1. The van der Waals surface area contributed by atoms with E-state index in [9.17, 15) is 4.39 Å². The Kier molecular flexibility index (Phi) is 3.88. The summed E-state index contributed by atoms with van der Waals surface area (Å²) in [5.41, 5.74) is 5.17. The van der Waals surface area contributed by atoms with Crippen LogP contribution in [0.3, 0.4) is 0 Å². The molecule has 0 fully saturated rings. The lowest BCUT2D eigenvalue weighted by molar-refractivity contribution is 0.516. The van der Waals surface area contributed by atoms with Crippen molar-refractivity contribution in [2.24, 2.45) is 5.73 Å². The third-order valence-corrected chi connectivity index (χ3v) is 2.24. The highest BCUT2D eigenvalue weighted by Crippen LogP contribution is 2.20. The molecule has 0 aliphatic rings. The van der Waals surface area contributed by atoms with E-state index in [-0.39, 0.29) is 16.4 Å². The molecule has 0 amide bonds. The molecular weight excluding hydrogens is 217 g/mol. The summed E-state index contributed by atoms with van der Waals surface area (Å²) in [6.45, 7) is 4.42. The minimum atomic E-state index is -0.451. The van der Waals surface area contributed by atoms with Crippen LogP contribution in [-0.2, 0) is 0 Å². The molecule has 0 aliphatic carbocycles. The summed E-state index contributed by atoms with van der Waals surface area (Å²) < 4.78 is 13.4. The van der Waals surface area contributed by atoms with Crippen molar-refractivity contribution < 1.29 is 4.39 Å². The summed E-state index contributed by atoms with van der Waals surface area (Å²) in [6, 6.07) is 1.23. The Morgan fingerprint density at radius 2 is 2.27 bits per heavy atom. The molecule has 1 aromatic rings. The predicted molar refractivity (Wildman–Crippen MR) is 60.6 cm³/mol. The zero-order chi connectivity index (χ0) is 11.5. The SMILES string of the molecule is CC(C)(CCN)Nc1ncc(Cl)cc1F. The van der Waals surface area contributed by atoms with Gasteiger partial charge in [0.1, 0.15) is 0 Å². The zero-order valence-corrected chi connectivity index (χ0v) is 9.61. The second-order valence-electron chi connectivity index (χ2n) is 4.03. The van der Waals surface area contributed by atoms with E-state index in [1.807, 2.05) is 13.8 Å². The van der Waals surface area contributed by atoms with Crippen molar-refractivity contribution in [3.8, 4) is 0 Å². The lowest BCUT2D eigenvalue weighted by atomic mass is 10.0. The number of hydrogen-bond acceptors (Lipinski definition) is 3. The molecule has 0 spiro atoms. The van der Waals surface area contributed by atoms with Gasteiger partial charge in [0.15, 0.2) is 11.6 Å². The summed E-state index contributed by atoms with van der Waals surface area (Å²) in [4.78, 5) is 3.89. The number of aromatic nitrogens is 1. The van der Waals surface area contributed by atoms with Crippen molar-refractivity contribution in [2.75, 3.05) is 11.9 Å². The van der Waals surface area contributed by atoms with E-state index in [0.29, 0.717) is 6.54 Å². The maximum absolute atomic E-state index is 13.4. The minimum absolute atomic E-state index is 0.206. The Bertz CT molecular complexity index is 341. The Morgan fingerprint density at radius 3 is 2.80 bits per heavy atom. The zero-order valence-electron chi connectivity index (χ0n) is 8.85. The van der Waals surface area contributed by atoms with Gasteiger partial charge in [-0.2, -0.15) is 0 Å². The summed E-state index contributed by atoms with van der Waals surface area (Å²) in [5, 5.41) is 3.28. The second kappa shape index (κ2) is 4.77. The fourth-order valence-electron chi connectivity index (χ4n) is 1.25. The minimum Gasteiger partial charge on any atom is -0.363 e. The van der Waals surface area contributed by atoms with Crippen LogP contribution in [0.4, 0.5) is 10.2 Å². The van der Waals surface area contributed by atoms with Gasteiger partial charge < -0.3 is 11.1 Å². The molecule has 3 nitrogen and oxygen atoms in total. The smallest absolute Gasteiger partial charge is 0.166 e. The van der Waals surface area contributed by atoms with Crippen molar-refractivity contribution in [3.05, 3.63) is 23.1 Å². The van der Waals surface area contributed by atoms with Crippen LogP contribution in [-0.4, -0.2) is 17.1 Å². The van der Waals surface area contributed by atoms with Gasteiger partial charge in [0.2, 0.25) is 0 Å². The summed E-state index contributed by atoms with van der Waals surface area (Å²) in [7, 11) is 0. The van der Waals surface area contributed by atoms with Crippen molar-refractivity contribution in [3.63, 3.8) is 0 Å². The topological polar surface area (TPSA) is 50.9 Å². The van der Waals surface area contributed by atoms with E-state index in [0.717, 1.165) is 6.42 Å². The number of hydrogen-bond donors (Lipinski definition) is 2. The van der Waals surface area contributed by atoms with Crippen LogP contribution in [0.15, 0.2) is 12.3 Å². The van der Waals surface area contributed by atoms with Crippen molar-refractivity contribution >= 4 is 17.4 Å². The molecule has 0 bridgehead atoms. The van der Waals surface area contributed by atoms with Crippen molar-refractivity contribution in [1.29, 1.82) is 0 Å². The Hall–Kier alpha value is -0.870. The van der Waals surface area contributed by atoms with Gasteiger partial charge in [-0.1, -0.05) is 11.6 Å². The van der Waals surface area contributed by atoms with Gasteiger partial charge in [-0.05, 0) is 32.9 Å². The first-order chi connectivity index (χ1) is 6.94. The van der Waals surface area contributed by atoms with E-state index >= 15 is 0 Å². The number of nitrogens with two attached hydrogens (primary N) is 1. The summed E-state index contributed by atoms with van der Waals surface area (Å²) >= 11 is 5.60. The van der Waals surface area contributed by atoms with Crippen LogP contribution in [0.5, 0.6) is 0 Å². The summed E-state index contributed by atoms with van der Waals surface area (Å²) in [5.74, 6) is -0.245. The number of rotatable bonds is 4. The Balaban J connectivity index is 2.80. The first-order valence-electron chi connectivity index (χ1n) is 4.74. The first-order valence-corrected chi connectivity index (χ1v) is 5.12. The van der Waals surface area contributed by atoms with Gasteiger partial charge in [-0.15, -0.1) is 0 Å². The molecule has 0 saturated heterocycles.